The molecule has 1 heterocycles. The first-order valence-electron chi connectivity index (χ1n) is 7.35. The minimum atomic E-state index is -0.553. The third-order valence-electron chi connectivity index (χ3n) is 5.11. The molecule has 18 heavy (non-hydrogen) atoms. The third-order valence-corrected chi connectivity index (χ3v) is 5.11. The molecule has 102 valence electrons. The Morgan fingerprint density at radius 1 is 1.22 bits per heavy atom. The van der Waals surface area contributed by atoms with E-state index in [1.165, 1.54) is 6.42 Å². The average molecular weight is 252 g/mol. The molecule has 2 saturated carbocycles. The van der Waals surface area contributed by atoms with Crippen molar-refractivity contribution in [3.05, 3.63) is 0 Å². The van der Waals surface area contributed by atoms with E-state index in [-0.39, 0.29) is 11.8 Å². The van der Waals surface area contributed by atoms with Crippen molar-refractivity contribution >= 4 is 5.91 Å². The molecule has 2 aliphatic carbocycles. The van der Waals surface area contributed by atoms with Crippen molar-refractivity contribution in [3.8, 4) is 0 Å². The number of rotatable bonds is 3. The van der Waals surface area contributed by atoms with Gasteiger partial charge in [-0.1, -0.05) is 12.8 Å². The summed E-state index contributed by atoms with van der Waals surface area (Å²) in [6, 6.07) is 0. The van der Waals surface area contributed by atoms with Gasteiger partial charge in [-0.3, -0.25) is 4.79 Å². The largest absolute Gasteiger partial charge is 0.386 e. The van der Waals surface area contributed by atoms with E-state index in [0.717, 1.165) is 32.1 Å². The predicted molar refractivity (Wildman–Crippen MR) is 68.8 cm³/mol. The second kappa shape index (κ2) is 4.49. The first-order valence-corrected chi connectivity index (χ1v) is 7.35. The monoisotopic (exact) mass is 252 g/mol. The predicted octanol–water partition coefficient (Wildman–Crippen LogP) is 0.735. The fourth-order valence-electron chi connectivity index (χ4n) is 3.70. The molecule has 0 spiro atoms. The van der Waals surface area contributed by atoms with E-state index in [1.807, 2.05) is 4.90 Å². The lowest BCUT2D eigenvalue weighted by atomic mass is 9.77. The summed E-state index contributed by atoms with van der Waals surface area (Å²) in [5, 5.41) is 10.3. The van der Waals surface area contributed by atoms with E-state index in [9.17, 15) is 9.90 Å². The quantitative estimate of drug-likeness (QED) is 0.778. The Labute approximate surface area is 109 Å². The number of carbonyl (C=O) groups excluding carboxylic acids is 1. The Morgan fingerprint density at radius 2 is 1.89 bits per heavy atom. The molecule has 2 unspecified atom stereocenters. The van der Waals surface area contributed by atoms with E-state index in [0.29, 0.717) is 31.5 Å². The maximum Gasteiger partial charge on any atom is 0.226 e. The van der Waals surface area contributed by atoms with Crippen LogP contribution in [-0.4, -0.2) is 41.1 Å². The number of nitrogens with two attached hydrogens (primary N) is 1. The highest BCUT2D eigenvalue weighted by Gasteiger charge is 2.54. The molecule has 0 bridgehead atoms. The number of β-amino-alcohol motifs (C(OH)–C–C–N with tert-alkyl or cyclic N) is 1. The summed E-state index contributed by atoms with van der Waals surface area (Å²) in [6.45, 7) is 1.74. The molecule has 1 amide bonds. The van der Waals surface area contributed by atoms with E-state index >= 15 is 0 Å². The van der Waals surface area contributed by atoms with Crippen LogP contribution >= 0.6 is 0 Å². The van der Waals surface area contributed by atoms with Gasteiger partial charge in [-0.15, -0.1) is 0 Å². The van der Waals surface area contributed by atoms with Gasteiger partial charge >= 0.3 is 0 Å². The van der Waals surface area contributed by atoms with Gasteiger partial charge in [-0.2, -0.15) is 0 Å². The molecule has 3 aliphatic rings. The van der Waals surface area contributed by atoms with Crippen LogP contribution in [-0.2, 0) is 4.79 Å². The molecule has 4 heteroatoms. The molecular weight excluding hydrogens is 228 g/mol. The lowest BCUT2D eigenvalue weighted by molar-refractivity contribution is -0.166. The second-order valence-electron chi connectivity index (χ2n) is 6.46. The zero-order valence-electron chi connectivity index (χ0n) is 11.0. The summed E-state index contributed by atoms with van der Waals surface area (Å²) in [5.41, 5.74) is 5.23. The highest BCUT2D eigenvalue weighted by Crippen LogP contribution is 2.45. The van der Waals surface area contributed by atoms with E-state index in [2.05, 4.69) is 0 Å². The zero-order chi connectivity index (χ0) is 12.8. The summed E-state index contributed by atoms with van der Waals surface area (Å²) < 4.78 is 0. The van der Waals surface area contributed by atoms with E-state index < -0.39 is 5.60 Å². The summed E-state index contributed by atoms with van der Waals surface area (Å²) in [4.78, 5) is 14.3. The fourth-order valence-corrected chi connectivity index (χ4v) is 3.70. The number of hydrogen-bond donors (Lipinski definition) is 2. The summed E-state index contributed by atoms with van der Waals surface area (Å²) in [5.74, 6) is 1.18. The van der Waals surface area contributed by atoms with Gasteiger partial charge in [0.1, 0.15) is 5.60 Å². The van der Waals surface area contributed by atoms with Crippen LogP contribution in [0.5, 0.6) is 0 Å². The van der Waals surface area contributed by atoms with Crippen LogP contribution in [0.25, 0.3) is 0 Å². The van der Waals surface area contributed by atoms with Crippen molar-refractivity contribution in [1.82, 2.24) is 4.90 Å². The van der Waals surface area contributed by atoms with Crippen LogP contribution in [0.15, 0.2) is 0 Å². The molecule has 0 aromatic carbocycles. The standard InChI is InChI=1S/C14H24N2O2/c15-7-10-3-1-2-4-12(10)13(17)16-8-14(18,9-16)11-5-6-11/h10-12,18H,1-9,15H2. The van der Waals surface area contributed by atoms with Crippen LogP contribution < -0.4 is 5.73 Å². The molecule has 1 saturated heterocycles. The number of aliphatic hydroxyl groups is 1. The normalized spacial score (nSPS) is 35.1. The van der Waals surface area contributed by atoms with Gasteiger partial charge in [-0.05, 0) is 44.1 Å². The molecule has 3 N–H and O–H groups in total. The van der Waals surface area contributed by atoms with Gasteiger partial charge in [0.25, 0.3) is 0 Å². The molecule has 3 fully saturated rings. The Morgan fingerprint density at radius 3 is 2.50 bits per heavy atom. The molecule has 0 aromatic rings. The van der Waals surface area contributed by atoms with Crippen molar-refractivity contribution in [2.24, 2.45) is 23.5 Å². The van der Waals surface area contributed by atoms with Crippen LogP contribution in [0.1, 0.15) is 38.5 Å². The molecule has 1 aliphatic heterocycles. The topological polar surface area (TPSA) is 66.6 Å². The number of carbonyl (C=O) groups is 1. The molecule has 4 nitrogen and oxygen atoms in total. The minimum Gasteiger partial charge on any atom is -0.386 e. The maximum atomic E-state index is 12.4. The van der Waals surface area contributed by atoms with Gasteiger partial charge in [-0.25, -0.2) is 0 Å². The van der Waals surface area contributed by atoms with Gasteiger partial charge in [0.2, 0.25) is 5.91 Å². The number of amides is 1. The molecule has 0 radical (unpaired) electrons. The smallest absolute Gasteiger partial charge is 0.226 e. The van der Waals surface area contributed by atoms with E-state index in [1.54, 1.807) is 0 Å². The van der Waals surface area contributed by atoms with Gasteiger partial charge < -0.3 is 15.7 Å². The van der Waals surface area contributed by atoms with Crippen molar-refractivity contribution < 1.29 is 9.90 Å². The summed E-state index contributed by atoms with van der Waals surface area (Å²) >= 11 is 0. The van der Waals surface area contributed by atoms with Crippen molar-refractivity contribution in [1.29, 1.82) is 0 Å². The highest BCUT2D eigenvalue weighted by atomic mass is 16.3. The Kier molecular flexibility index (Phi) is 3.10. The van der Waals surface area contributed by atoms with Crippen LogP contribution in [0.2, 0.25) is 0 Å². The van der Waals surface area contributed by atoms with E-state index in [4.69, 9.17) is 5.73 Å². The summed E-state index contributed by atoms with van der Waals surface area (Å²) in [7, 11) is 0. The first-order chi connectivity index (χ1) is 8.64. The highest BCUT2D eigenvalue weighted by molar-refractivity contribution is 5.80. The Balaban J connectivity index is 1.58. The van der Waals surface area contributed by atoms with Crippen molar-refractivity contribution in [2.75, 3.05) is 19.6 Å². The molecular formula is C14H24N2O2. The number of nitrogens with zero attached hydrogens (tertiary/aromatic N) is 1. The van der Waals surface area contributed by atoms with Gasteiger partial charge in [0.15, 0.2) is 0 Å². The molecule has 0 aromatic heterocycles. The van der Waals surface area contributed by atoms with Crippen LogP contribution in [0, 0.1) is 17.8 Å². The lowest BCUT2D eigenvalue weighted by Gasteiger charge is -2.49. The SMILES string of the molecule is NCC1CCCCC1C(=O)N1CC(O)(C2CC2)C1. The van der Waals surface area contributed by atoms with Gasteiger partial charge in [0.05, 0.1) is 13.1 Å². The third kappa shape index (κ3) is 2.05. The second-order valence-corrected chi connectivity index (χ2v) is 6.46. The van der Waals surface area contributed by atoms with Crippen molar-refractivity contribution in [2.45, 2.75) is 44.1 Å². The zero-order valence-corrected chi connectivity index (χ0v) is 11.0. The Hall–Kier alpha value is -0.610. The van der Waals surface area contributed by atoms with Gasteiger partial charge in [0, 0.05) is 5.92 Å². The maximum absolute atomic E-state index is 12.4. The Bertz CT molecular complexity index is 335. The number of likely N-dealkylation sites (tertiary alicyclic amines) is 1. The van der Waals surface area contributed by atoms with Crippen LogP contribution in [0.3, 0.4) is 0 Å². The molecule has 2 atom stereocenters. The van der Waals surface area contributed by atoms with Crippen molar-refractivity contribution in [3.63, 3.8) is 0 Å². The molecule has 3 rings (SSSR count). The lowest BCUT2D eigenvalue weighted by Crippen LogP contribution is -2.66. The first kappa shape index (κ1) is 12.4. The minimum absolute atomic E-state index is 0.118. The average Bonchev–Trinajstić information content (AvgIpc) is 3.18. The summed E-state index contributed by atoms with van der Waals surface area (Å²) in [6.07, 6.45) is 6.69. The fraction of sp³-hybridized carbons (Fsp3) is 0.929. The van der Waals surface area contributed by atoms with Crippen LogP contribution in [0.4, 0.5) is 0 Å². The number of hydrogen-bond acceptors (Lipinski definition) is 3.